The van der Waals surface area contributed by atoms with Gasteiger partial charge in [0.15, 0.2) is 0 Å². The molecule has 1 aromatic rings. The van der Waals surface area contributed by atoms with Crippen LogP contribution in [0.4, 0.5) is 5.69 Å². The molecule has 4 nitrogen and oxygen atoms in total. The van der Waals surface area contributed by atoms with Crippen molar-refractivity contribution in [3.8, 4) is 0 Å². The molecule has 1 aliphatic heterocycles. The Hall–Kier alpha value is -1.04. The molecule has 1 amide bonds. The van der Waals surface area contributed by atoms with E-state index < -0.39 is 0 Å². The van der Waals surface area contributed by atoms with Crippen LogP contribution in [0.5, 0.6) is 0 Å². The lowest BCUT2D eigenvalue weighted by Gasteiger charge is -2.25. The van der Waals surface area contributed by atoms with E-state index in [1.807, 2.05) is 37.4 Å². The smallest absolute Gasteiger partial charge is 0.225 e. The number of aliphatic hydroxyl groups is 1. The van der Waals surface area contributed by atoms with Crippen molar-refractivity contribution in [2.45, 2.75) is 49.6 Å². The summed E-state index contributed by atoms with van der Waals surface area (Å²) in [6.07, 6.45) is 5.33. The van der Waals surface area contributed by atoms with Crippen LogP contribution in [0.1, 0.15) is 32.6 Å². The van der Waals surface area contributed by atoms with Gasteiger partial charge in [0.1, 0.15) is 0 Å². The number of rotatable bonds is 7. The zero-order valence-electron chi connectivity index (χ0n) is 13.4. The first kappa shape index (κ1) is 17.3. The van der Waals surface area contributed by atoms with Crippen molar-refractivity contribution in [1.29, 1.82) is 0 Å². The SMILES string of the molecule is CSc1ccccc1NC(=O)CCN1CCCC1CC(C)O. The number of carbonyl (C=O) groups is 1. The molecule has 122 valence electrons. The van der Waals surface area contributed by atoms with Crippen LogP contribution in [0.3, 0.4) is 0 Å². The highest BCUT2D eigenvalue weighted by Gasteiger charge is 2.25. The van der Waals surface area contributed by atoms with Crippen molar-refractivity contribution in [3.05, 3.63) is 24.3 Å². The van der Waals surface area contributed by atoms with Gasteiger partial charge in [-0.1, -0.05) is 12.1 Å². The van der Waals surface area contributed by atoms with E-state index in [0.29, 0.717) is 12.5 Å². The fourth-order valence-corrected chi connectivity index (χ4v) is 3.61. The average Bonchev–Trinajstić information content (AvgIpc) is 2.92. The third kappa shape index (κ3) is 5.00. The molecule has 1 aromatic carbocycles. The van der Waals surface area contributed by atoms with Crippen LogP contribution in [-0.2, 0) is 4.79 Å². The number of para-hydroxylation sites is 1. The van der Waals surface area contributed by atoms with Gasteiger partial charge in [-0.2, -0.15) is 0 Å². The standard InChI is InChI=1S/C17H26N2O2S/c1-13(20)12-14-6-5-10-19(14)11-9-17(21)18-15-7-3-4-8-16(15)22-2/h3-4,7-8,13-14,20H,5-6,9-12H2,1-2H3,(H,18,21). The fraction of sp³-hybridized carbons (Fsp3) is 0.588. The van der Waals surface area contributed by atoms with Crippen molar-refractivity contribution in [2.24, 2.45) is 0 Å². The van der Waals surface area contributed by atoms with Crippen LogP contribution in [0, 0.1) is 0 Å². The fourth-order valence-electron chi connectivity index (χ4n) is 3.06. The number of carbonyl (C=O) groups excluding carboxylic acids is 1. The minimum atomic E-state index is -0.270. The molecule has 0 aromatic heterocycles. The minimum absolute atomic E-state index is 0.0594. The van der Waals surface area contributed by atoms with E-state index >= 15 is 0 Å². The Bertz CT molecular complexity index is 493. The van der Waals surface area contributed by atoms with Crippen molar-refractivity contribution < 1.29 is 9.90 Å². The first-order chi connectivity index (χ1) is 10.6. The average molecular weight is 322 g/mol. The van der Waals surface area contributed by atoms with E-state index in [2.05, 4.69) is 10.2 Å². The van der Waals surface area contributed by atoms with Crippen LogP contribution in [0.2, 0.25) is 0 Å². The van der Waals surface area contributed by atoms with E-state index in [-0.39, 0.29) is 12.0 Å². The highest BCUT2D eigenvalue weighted by atomic mass is 32.2. The number of amides is 1. The first-order valence-corrected chi connectivity index (χ1v) is 9.17. The lowest BCUT2D eigenvalue weighted by Crippen LogP contribution is -2.34. The maximum atomic E-state index is 12.2. The van der Waals surface area contributed by atoms with Gasteiger partial charge in [-0.25, -0.2) is 0 Å². The molecule has 1 saturated heterocycles. The monoisotopic (exact) mass is 322 g/mol. The quantitative estimate of drug-likeness (QED) is 0.758. The highest BCUT2D eigenvalue weighted by molar-refractivity contribution is 7.98. The Morgan fingerprint density at radius 1 is 1.50 bits per heavy atom. The number of aliphatic hydroxyl groups excluding tert-OH is 1. The molecule has 0 radical (unpaired) electrons. The first-order valence-electron chi connectivity index (χ1n) is 7.95. The number of nitrogens with zero attached hydrogens (tertiary/aromatic N) is 1. The summed E-state index contributed by atoms with van der Waals surface area (Å²) >= 11 is 1.64. The Balaban J connectivity index is 1.82. The molecule has 1 heterocycles. The van der Waals surface area contributed by atoms with Gasteiger partial charge in [0.05, 0.1) is 11.8 Å². The zero-order chi connectivity index (χ0) is 15.9. The van der Waals surface area contributed by atoms with E-state index in [9.17, 15) is 9.90 Å². The van der Waals surface area contributed by atoms with Crippen LogP contribution in [0.15, 0.2) is 29.2 Å². The number of benzene rings is 1. The minimum Gasteiger partial charge on any atom is -0.393 e. The summed E-state index contributed by atoms with van der Waals surface area (Å²) in [5.41, 5.74) is 0.891. The zero-order valence-corrected chi connectivity index (χ0v) is 14.2. The molecule has 0 bridgehead atoms. The number of hydrogen-bond donors (Lipinski definition) is 2. The van der Waals surface area contributed by atoms with Gasteiger partial charge >= 0.3 is 0 Å². The summed E-state index contributed by atoms with van der Waals surface area (Å²) < 4.78 is 0. The Kier molecular flexibility index (Phi) is 6.73. The number of hydrogen-bond acceptors (Lipinski definition) is 4. The van der Waals surface area contributed by atoms with Gasteiger partial charge in [0.2, 0.25) is 5.91 Å². The number of likely N-dealkylation sites (tertiary alicyclic amines) is 1. The molecule has 1 aliphatic rings. The van der Waals surface area contributed by atoms with Gasteiger partial charge in [-0.15, -0.1) is 11.8 Å². The summed E-state index contributed by atoms with van der Waals surface area (Å²) in [7, 11) is 0. The highest BCUT2D eigenvalue weighted by Crippen LogP contribution is 2.25. The summed E-state index contributed by atoms with van der Waals surface area (Å²) in [4.78, 5) is 15.6. The lowest BCUT2D eigenvalue weighted by atomic mass is 10.1. The predicted molar refractivity (Wildman–Crippen MR) is 92.4 cm³/mol. The molecule has 2 unspecified atom stereocenters. The van der Waals surface area contributed by atoms with Gasteiger partial charge in [0, 0.05) is 23.9 Å². The summed E-state index contributed by atoms with van der Waals surface area (Å²) in [6, 6.07) is 8.29. The van der Waals surface area contributed by atoms with E-state index in [0.717, 1.165) is 42.9 Å². The van der Waals surface area contributed by atoms with E-state index in [1.54, 1.807) is 11.8 Å². The third-order valence-electron chi connectivity index (χ3n) is 4.12. The molecule has 2 rings (SSSR count). The number of nitrogens with one attached hydrogen (secondary N) is 1. The third-order valence-corrected chi connectivity index (χ3v) is 4.92. The molecule has 2 atom stereocenters. The molecule has 5 heteroatoms. The Morgan fingerprint density at radius 3 is 3.00 bits per heavy atom. The van der Waals surface area contributed by atoms with Crippen LogP contribution < -0.4 is 5.32 Å². The van der Waals surface area contributed by atoms with Crippen LogP contribution in [-0.4, -0.2) is 47.4 Å². The largest absolute Gasteiger partial charge is 0.393 e. The number of anilines is 1. The second-order valence-electron chi connectivity index (χ2n) is 5.92. The van der Waals surface area contributed by atoms with Gasteiger partial charge in [-0.3, -0.25) is 9.69 Å². The molecule has 22 heavy (non-hydrogen) atoms. The molecule has 0 aliphatic carbocycles. The summed E-state index contributed by atoms with van der Waals surface area (Å²) in [5, 5.41) is 12.6. The molecule has 0 spiro atoms. The Labute approximate surface area is 137 Å². The van der Waals surface area contributed by atoms with Crippen molar-refractivity contribution in [2.75, 3.05) is 24.7 Å². The Morgan fingerprint density at radius 2 is 2.27 bits per heavy atom. The second-order valence-corrected chi connectivity index (χ2v) is 6.76. The molecule has 0 saturated carbocycles. The van der Waals surface area contributed by atoms with Crippen LogP contribution >= 0.6 is 11.8 Å². The van der Waals surface area contributed by atoms with E-state index in [4.69, 9.17) is 0 Å². The topological polar surface area (TPSA) is 52.6 Å². The molecule has 1 fully saturated rings. The maximum absolute atomic E-state index is 12.2. The normalized spacial score (nSPS) is 20.0. The summed E-state index contributed by atoms with van der Waals surface area (Å²) in [6.45, 7) is 3.64. The summed E-state index contributed by atoms with van der Waals surface area (Å²) in [5.74, 6) is 0.0594. The van der Waals surface area contributed by atoms with Crippen LogP contribution in [0.25, 0.3) is 0 Å². The van der Waals surface area contributed by atoms with Gasteiger partial charge in [0.25, 0.3) is 0 Å². The molecular weight excluding hydrogens is 296 g/mol. The molecular formula is C17H26N2O2S. The lowest BCUT2D eigenvalue weighted by molar-refractivity contribution is -0.116. The molecule has 2 N–H and O–H groups in total. The van der Waals surface area contributed by atoms with Crippen molar-refractivity contribution in [3.63, 3.8) is 0 Å². The predicted octanol–water partition coefficient (Wildman–Crippen LogP) is 2.97. The number of thioether (sulfide) groups is 1. The van der Waals surface area contributed by atoms with Gasteiger partial charge in [-0.05, 0) is 51.1 Å². The van der Waals surface area contributed by atoms with Crippen molar-refractivity contribution >= 4 is 23.4 Å². The van der Waals surface area contributed by atoms with E-state index in [1.165, 1.54) is 0 Å². The van der Waals surface area contributed by atoms with Crippen molar-refractivity contribution in [1.82, 2.24) is 4.90 Å². The second kappa shape index (κ2) is 8.56. The van der Waals surface area contributed by atoms with Gasteiger partial charge < -0.3 is 10.4 Å². The maximum Gasteiger partial charge on any atom is 0.225 e.